The molecule has 1 aromatic carbocycles. The molecule has 11 nitrogen and oxygen atoms in total. The standard InChI is InChI=1S/C32H41N3O8/c1-17(2)12-14-41-28-24-20-11-10-19(40-7)16-22(20)34-23(15-18(3)4)42-43-31(5,6)27(36)26(25(24)34)35-29(37)21-9-8-13-33(21)30(38)32(28,35)39/h10-12,15-16,21,23,26-28,36,39H,8-9,13-14H2,1-7H3/t21-,23+,26+,27-,28-,32+/m0/s1. The molecule has 6 atom stereocenters. The molecule has 43 heavy (non-hydrogen) atoms. The summed E-state index contributed by atoms with van der Waals surface area (Å²) in [5, 5.41) is 25.5. The van der Waals surface area contributed by atoms with Crippen molar-refractivity contribution in [3.05, 3.63) is 52.8 Å². The fourth-order valence-corrected chi connectivity index (χ4v) is 6.97. The Morgan fingerprint density at radius 1 is 1.16 bits per heavy atom. The number of carbonyl (C=O) groups is 2. The van der Waals surface area contributed by atoms with E-state index in [2.05, 4.69) is 0 Å². The lowest BCUT2D eigenvalue weighted by atomic mass is 9.78. The molecule has 4 aliphatic rings. The van der Waals surface area contributed by atoms with Crippen LogP contribution in [0.2, 0.25) is 0 Å². The first-order chi connectivity index (χ1) is 20.3. The largest absolute Gasteiger partial charge is 0.497 e. The molecule has 2 saturated heterocycles. The zero-order chi connectivity index (χ0) is 31.0. The van der Waals surface area contributed by atoms with Crippen LogP contribution in [-0.2, 0) is 24.1 Å². The molecule has 6 rings (SSSR count). The molecule has 0 radical (unpaired) electrons. The maximum absolute atomic E-state index is 14.4. The van der Waals surface area contributed by atoms with Crippen LogP contribution in [0.4, 0.5) is 0 Å². The van der Waals surface area contributed by atoms with Gasteiger partial charge < -0.3 is 29.2 Å². The van der Waals surface area contributed by atoms with Gasteiger partial charge in [0.15, 0.2) is 6.23 Å². The van der Waals surface area contributed by atoms with E-state index in [1.807, 2.05) is 56.5 Å². The highest BCUT2D eigenvalue weighted by atomic mass is 17.2. The molecule has 1 aromatic heterocycles. The highest BCUT2D eigenvalue weighted by Gasteiger charge is 2.69. The van der Waals surface area contributed by atoms with Crippen LogP contribution in [0.3, 0.4) is 0 Å². The van der Waals surface area contributed by atoms with Crippen LogP contribution in [0.1, 0.15) is 84.0 Å². The summed E-state index contributed by atoms with van der Waals surface area (Å²) >= 11 is 0. The molecule has 0 unspecified atom stereocenters. The number of amides is 2. The monoisotopic (exact) mass is 595 g/mol. The van der Waals surface area contributed by atoms with E-state index >= 15 is 0 Å². The first-order valence-corrected chi connectivity index (χ1v) is 14.8. The Hall–Kier alpha value is -3.22. The summed E-state index contributed by atoms with van der Waals surface area (Å²) in [7, 11) is 1.57. The summed E-state index contributed by atoms with van der Waals surface area (Å²) in [5.74, 6) is -0.473. The van der Waals surface area contributed by atoms with E-state index < -0.39 is 53.7 Å². The second-order valence-electron chi connectivity index (χ2n) is 12.9. The number of carbonyl (C=O) groups excluding carboxylic acids is 2. The van der Waals surface area contributed by atoms with Crippen LogP contribution in [-0.4, -0.2) is 80.1 Å². The Kier molecular flexibility index (Phi) is 7.25. The molecule has 0 bridgehead atoms. The number of piperazine rings is 1. The number of hydrogen-bond donors (Lipinski definition) is 2. The van der Waals surface area contributed by atoms with Crippen molar-refractivity contribution in [3.8, 4) is 5.75 Å². The van der Waals surface area contributed by atoms with Gasteiger partial charge in [-0.1, -0.05) is 17.2 Å². The van der Waals surface area contributed by atoms with Gasteiger partial charge in [0.2, 0.25) is 5.91 Å². The zero-order valence-electron chi connectivity index (χ0n) is 25.8. The first kappa shape index (κ1) is 29.8. The summed E-state index contributed by atoms with van der Waals surface area (Å²) in [6.45, 7) is 11.5. The molecular formula is C32H41N3O8. The van der Waals surface area contributed by atoms with Crippen molar-refractivity contribution in [2.45, 2.75) is 96.2 Å². The normalized spacial score (nSPS) is 31.1. The molecule has 232 valence electrons. The van der Waals surface area contributed by atoms with E-state index in [1.54, 1.807) is 27.0 Å². The lowest BCUT2D eigenvalue weighted by Crippen LogP contribution is -2.76. The molecular weight excluding hydrogens is 554 g/mol. The summed E-state index contributed by atoms with van der Waals surface area (Å²) in [4.78, 5) is 43.4. The zero-order valence-corrected chi connectivity index (χ0v) is 25.8. The Bertz CT molecular complexity index is 1530. The quantitative estimate of drug-likeness (QED) is 0.395. The highest BCUT2D eigenvalue weighted by molar-refractivity contribution is 6.02. The number of ether oxygens (including phenoxy) is 2. The predicted molar refractivity (Wildman–Crippen MR) is 157 cm³/mol. The Morgan fingerprint density at radius 3 is 2.58 bits per heavy atom. The maximum Gasteiger partial charge on any atom is 0.279 e. The smallest absolute Gasteiger partial charge is 0.279 e. The number of methoxy groups -OCH3 is 1. The van der Waals surface area contributed by atoms with Crippen LogP contribution in [0.15, 0.2) is 41.5 Å². The third-order valence-corrected chi connectivity index (χ3v) is 9.05. The van der Waals surface area contributed by atoms with Crippen LogP contribution in [0.5, 0.6) is 5.75 Å². The van der Waals surface area contributed by atoms with Gasteiger partial charge in [0.1, 0.15) is 35.6 Å². The van der Waals surface area contributed by atoms with Crippen LogP contribution >= 0.6 is 0 Å². The van der Waals surface area contributed by atoms with E-state index in [1.165, 1.54) is 9.80 Å². The predicted octanol–water partition coefficient (Wildman–Crippen LogP) is 3.82. The number of hydrogen-bond acceptors (Lipinski definition) is 8. The fraction of sp³-hybridized carbons (Fsp3) is 0.562. The van der Waals surface area contributed by atoms with Gasteiger partial charge in [-0.3, -0.25) is 14.5 Å². The fourth-order valence-electron chi connectivity index (χ4n) is 6.97. The average Bonchev–Trinajstić information content (AvgIpc) is 3.57. The van der Waals surface area contributed by atoms with Crippen molar-refractivity contribution < 1.29 is 39.1 Å². The molecule has 11 heteroatoms. The van der Waals surface area contributed by atoms with Gasteiger partial charge in [0.25, 0.3) is 11.6 Å². The van der Waals surface area contributed by atoms with E-state index in [4.69, 9.17) is 19.2 Å². The Morgan fingerprint density at radius 2 is 1.91 bits per heavy atom. The molecule has 2 fully saturated rings. The summed E-state index contributed by atoms with van der Waals surface area (Å²) in [6.07, 6.45) is 1.35. The Balaban J connectivity index is 1.75. The minimum absolute atomic E-state index is 0.0893. The van der Waals surface area contributed by atoms with Crippen molar-refractivity contribution in [3.63, 3.8) is 0 Å². The topological polar surface area (TPSA) is 123 Å². The molecule has 4 aliphatic heterocycles. The van der Waals surface area contributed by atoms with E-state index in [-0.39, 0.29) is 6.61 Å². The number of allylic oxidation sites excluding steroid dienone is 2. The van der Waals surface area contributed by atoms with Gasteiger partial charge in [0.05, 0.1) is 24.9 Å². The van der Waals surface area contributed by atoms with Gasteiger partial charge in [-0.05, 0) is 72.6 Å². The van der Waals surface area contributed by atoms with Crippen LogP contribution in [0, 0.1) is 0 Å². The molecule has 2 N–H and O–H groups in total. The van der Waals surface area contributed by atoms with Crippen molar-refractivity contribution in [1.82, 2.24) is 14.4 Å². The van der Waals surface area contributed by atoms with E-state index in [9.17, 15) is 19.8 Å². The lowest BCUT2D eigenvalue weighted by Gasteiger charge is -2.57. The van der Waals surface area contributed by atoms with Crippen LogP contribution in [0.25, 0.3) is 10.9 Å². The number of aliphatic hydroxyl groups is 2. The third kappa shape index (κ3) is 4.35. The van der Waals surface area contributed by atoms with Crippen LogP contribution < -0.4 is 4.74 Å². The summed E-state index contributed by atoms with van der Waals surface area (Å²) in [5.41, 5.74) is -0.167. The number of aromatic nitrogens is 1. The summed E-state index contributed by atoms with van der Waals surface area (Å²) < 4.78 is 13.9. The van der Waals surface area contributed by atoms with Gasteiger partial charge in [0, 0.05) is 23.6 Å². The van der Waals surface area contributed by atoms with Crippen molar-refractivity contribution in [2.24, 2.45) is 0 Å². The molecule has 5 heterocycles. The lowest BCUT2D eigenvalue weighted by molar-refractivity contribution is -0.406. The third-order valence-electron chi connectivity index (χ3n) is 9.05. The highest BCUT2D eigenvalue weighted by Crippen LogP contribution is 2.56. The van der Waals surface area contributed by atoms with Gasteiger partial charge in [-0.25, -0.2) is 9.78 Å². The first-order valence-electron chi connectivity index (χ1n) is 14.8. The number of nitrogens with zero attached hydrogens (tertiary/aromatic N) is 3. The van der Waals surface area contributed by atoms with E-state index in [0.29, 0.717) is 47.3 Å². The van der Waals surface area contributed by atoms with Crippen molar-refractivity contribution in [1.29, 1.82) is 0 Å². The SMILES string of the molecule is COc1ccc2c3c4n(c2c1)[C@@H](C=C(C)C)OOC(C)(C)[C@@H](O)[C@@H]4N1C(=O)[C@@H]2CCCN2C(=O)[C@]1(O)[C@H]3OCC=C(C)C. The number of rotatable bonds is 5. The second-order valence-corrected chi connectivity index (χ2v) is 12.9. The van der Waals surface area contributed by atoms with Gasteiger partial charge in [-0.15, -0.1) is 0 Å². The molecule has 0 saturated carbocycles. The number of aliphatic hydroxyl groups excluding tert-OH is 1. The number of benzene rings is 1. The molecule has 2 aromatic rings. The van der Waals surface area contributed by atoms with Gasteiger partial charge >= 0.3 is 0 Å². The minimum atomic E-state index is -2.42. The van der Waals surface area contributed by atoms with Crippen molar-refractivity contribution >= 4 is 22.7 Å². The second kappa shape index (κ2) is 10.4. The Labute approximate surface area is 251 Å². The van der Waals surface area contributed by atoms with Gasteiger partial charge in [-0.2, -0.15) is 0 Å². The molecule has 2 amide bonds. The molecule has 0 aliphatic carbocycles. The van der Waals surface area contributed by atoms with E-state index in [0.717, 1.165) is 11.1 Å². The maximum atomic E-state index is 14.4. The number of fused-ring (bicyclic) bond motifs is 6. The minimum Gasteiger partial charge on any atom is -0.497 e. The molecule has 0 spiro atoms. The average molecular weight is 596 g/mol. The summed E-state index contributed by atoms with van der Waals surface area (Å²) in [6, 6.07) is 3.56. The van der Waals surface area contributed by atoms with Crippen molar-refractivity contribution in [2.75, 3.05) is 20.3 Å².